The van der Waals surface area contributed by atoms with Gasteiger partial charge in [0.2, 0.25) is 0 Å². The second-order valence-electron chi connectivity index (χ2n) is 16.0. The van der Waals surface area contributed by atoms with E-state index in [1.807, 2.05) is 12.2 Å². The highest BCUT2D eigenvalue weighted by Crippen LogP contribution is 2.12. The average molecular weight is 857 g/mol. The van der Waals surface area contributed by atoms with Crippen LogP contribution in [0.15, 0.2) is 122 Å². The van der Waals surface area contributed by atoms with Crippen LogP contribution >= 0.6 is 0 Å². The Balaban J connectivity index is 4.49. The smallest absolute Gasteiger partial charge is 0.309 e. The summed E-state index contributed by atoms with van der Waals surface area (Å²) in [4.78, 5) is 25.3. The first-order valence-electron chi connectivity index (χ1n) is 25.1. The summed E-state index contributed by atoms with van der Waals surface area (Å²) in [6, 6.07) is 0. The van der Waals surface area contributed by atoms with Gasteiger partial charge in [-0.25, -0.2) is 0 Å². The lowest BCUT2D eigenvalue weighted by Gasteiger charge is -2.18. The van der Waals surface area contributed by atoms with E-state index in [0.29, 0.717) is 13.0 Å². The molecule has 62 heavy (non-hydrogen) atoms. The third kappa shape index (κ3) is 49.0. The summed E-state index contributed by atoms with van der Waals surface area (Å²) >= 11 is 0. The lowest BCUT2D eigenvalue weighted by Crippen LogP contribution is -2.30. The number of rotatable bonds is 44. The molecule has 350 valence electrons. The van der Waals surface area contributed by atoms with Crippen LogP contribution in [0, 0.1) is 0 Å². The van der Waals surface area contributed by atoms with Crippen LogP contribution in [0.1, 0.15) is 201 Å². The summed E-state index contributed by atoms with van der Waals surface area (Å²) < 4.78 is 17.2. The molecule has 0 bridgehead atoms. The summed E-state index contributed by atoms with van der Waals surface area (Å²) in [7, 11) is 0. The third-order valence-electron chi connectivity index (χ3n) is 10.00. The first-order valence-corrected chi connectivity index (χ1v) is 25.1. The van der Waals surface area contributed by atoms with Crippen LogP contribution in [0.4, 0.5) is 0 Å². The molecule has 1 unspecified atom stereocenters. The topological polar surface area (TPSA) is 61.8 Å². The van der Waals surface area contributed by atoms with Gasteiger partial charge in [-0.15, -0.1) is 0 Å². The minimum absolute atomic E-state index is 0.00743. The molecule has 0 saturated heterocycles. The van der Waals surface area contributed by atoms with E-state index in [1.54, 1.807) is 0 Å². The number of unbranched alkanes of at least 4 members (excludes halogenated alkanes) is 14. The lowest BCUT2D eigenvalue weighted by molar-refractivity contribution is -0.162. The van der Waals surface area contributed by atoms with Gasteiger partial charge < -0.3 is 14.2 Å². The van der Waals surface area contributed by atoms with E-state index in [1.165, 1.54) is 57.8 Å². The van der Waals surface area contributed by atoms with Crippen LogP contribution in [-0.4, -0.2) is 37.9 Å². The molecule has 0 heterocycles. The van der Waals surface area contributed by atoms with Crippen molar-refractivity contribution in [3.63, 3.8) is 0 Å². The number of ether oxygens (including phenoxy) is 3. The molecule has 0 saturated carbocycles. The van der Waals surface area contributed by atoms with Crippen LogP contribution in [0.2, 0.25) is 0 Å². The van der Waals surface area contributed by atoms with Gasteiger partial charge >= 0.3 is 11.9 Å². The quantitative estimate of drug-likeness (QED) is 0.0347. The van der Waals surface area contributed by atoms with E-state index in [2.05, 4.69) is 130 Å². The maximum Gasteiger partial charge on any atom is 0.309 e. The number of esters is 2. The molecule has 1 atom stereocenters. The predicted molar refractivity (Wildman–Crippen MR) is 269 cm³/mol. The minimum atomic E-state index is -0.604. The minimum Gasteiger partial charge on any atom is -0.461 e. The zero-order chi connectivity index (χ0) is 44.9. The molecule has 0 fully saturated rings. The fraction of sp³-hybridized carbons (Fsp3) is 0.614. The van der Waals surface area contributed by atoms with Crippen molar-refractivity contribution in [3.05, 3.63) is 122 Å². The fourth-order valence-electron chi connectivity index (χ4n) is 6.33. The van der Waals surface area contributed by atoms with Crippen molar-refractivity contribution in [3.8, 4) is 0 Å². The van der Waals surface area contributed by atoms with Gasteiger partial charge in [-0.3, -0.25) is 9.59 Å². The number of carbonyl (C=O) groups excluding carboxylic acids is 2. The zero-order valence-corrected chi connectivity index (χ0v) is 40.1. The fourth-order valence-corrected chi connectivity index (χ4v) is 6.33. The maximum atomic E-state index is 12.8. The molecule has 0 rings (SSSR count). The van der Waals surface area contributed by atoms with Crippen molar-refractivity contribution in [1.29, 1.82) is 0 Å². The first kappa shape index (κ1) is 58.3. The Labute approximate surface area is 382 Å². The number of allylic oxidation sites excluding steroid dienone is 19. The van der Waals surface area contributed by atoms with Gasteiger partial charge in [0.15, 0.2) is 6.10 Å². The molecule has 0 spiro atoms. The molecule has 0 amide bonds. The van der Waals surface area contributed by atoms with E-state index in [-0.39, 0.29) is 31.6 Å². The molecular formula is C57H92O5. The van der Waals surface area contributed by atoms with Crippen LogP contribution in [0.5, 0.6) is 0 Å². The molecule has 0 radical (unpaired) electrons. The normalized spacial score (nSPS) is 13.3. The largest absolute Gasteiger partial charge is 0.461 e. The molecule has 0 N–H and O–H groups in total. The molecule has 0 aromatic rings. The average Bonchev–Trinajstić information content (AvgIpc) is 3.27. The van der Waals surface area contributed by atoms with Crippen LogP contribution in [0.3, 0.4) is 0 Å². The Morgan fingerprint density at radius 1 is 0.387 bits per heavy atom. The van der Waals surface area contributed by atoms with Crippen LogP contribution in [0.25, 0.3) is 0 Å². The van der Waals surface area contributed by atoms with Gasteiger partial charge in [0, 0.05) is 13.0 Å². The van der Waals surface area contributed by atoms with Crippen molar-refractivity contribution in [2.75, 3.05) is 19.8 Å². The standard InChI is InChI=1S/C57H92O5/c1-4-7-10-13-16-19-22-25-28-31-34-37-40-43-46-49-52-60-53-55(62-57(59)51-48-45-42-39-36-33-30-27-24-21-18-15-12-9-6-3)54-61-56(58)50-47-44-41-38-35-32-29-26-23-20-17-14-11-8-5-2/h7-8,10-11,16-17,19-20,25-30,34-35,37-38,44,47,55H,4-6,9,12-15,18,21-24,31-33,36,39-43,45-46,48-54H2,1-3H3/b10-7-,11-8-,19-16-,20-17-,28-25-,29-26-,30-27-,37-34-,38-35-,47-44-. The summed E-state index contributed by atoms with van der Waals surface area (Å²) in [5.41, 5.74) is 0. The highest BCUT2D eigenvalue weighted by Gasteiger charge is 2.17. The van der Waals surface area contributed by atoms with Crippen molar-refractivity contribution < 1.29 is 23.8 Å². The van der Waals surface area contributed by atoms with Crippen molar-refractivity contribution in [1.82, 2.24) is 0 Å². The molecule has 0 aliphatic carbocycles. The zero-order valence-electron chi connectivity index (χ0n) is 40.1. The van der Waals surface area contributed by atoms with Gasteiger partial charge in [0.25, 0.3) is 0 Å². The summed E-state index contributed by atoms with van der Waals surface area (Å²) in [6.45, 7) is 7.39. The first-order chi connectivity index (χ1) is 30.6. The SMILES string of the molecule is CC/C=C\C/C=C\C/C=C\C/C=C\C/C=C\CC(=O)OCC(COCCCCC/C=C\C/C=C\C/C=C\C/C=C\CC)OC(=O)CCCCCCC/C=C\CCCCCCCC. The number of hydrogen-bond acceptors (Lipinski definition) is 5. The van der Waals surface area contributed by atoms with Gasteiger partial charge in [-0.1, -0.05) is 200 Å². The monoisotopic (exact) mass is 857 g/mol. The molecule has 0 aromatic heterocycles. The van der Waals surface area contributed by atoms with Gasteiger partial charge in [0.1, 0.15) is 6.61 Å². The highest BCUT2D eigenvalue weighted by molar-refractivity contribution is 5.71. The van der Waals surface area contributed by atoms with Crippen LogP contribution < -0.4 is 0 Å². The predicted octanol–water partition coefficient (Wildman–Crippen LogP) is 17.0. The Bertz CT molecular complexity index is 1290. The Morgan fingerprint density at radius 3 is 1.26 bits per heavy atom. The van der Waals surface area contributed by atoms with E-state index in [0.717, 1.165) is 109 Å². The van der Waals surface area contributed by atoms with E-state index in [9.17, 15) is 9.59 Å². The molecule has 5 heteroatoms. The van der Waals surface area contributed by atoms with Crippen molar-refractivity contribution in [2.45, 2.75) is 207 Å². The molecule has 5 nitrogen and oxygen atoms in total. The second-order valence-corrected chi connectivity index (χ2v) is 16.0. The van der Waals surface area contributed by atoms with Gasteiger partial charge in [-0.05, 0) is 109 Å². The maximum absolute atomic E-state index is 12.8. The molecular weight excluding hydrogens is 765 g/mol. The van der Waals surface area contributed by atoms with Crippen LogP contribution in [-0.2, 0) is 23.8 Å². The summed E-state index contributed by atoms with van der Waals surface area (Å²) in [5.74, 6) is -0.580. The Hall–Kier alpha value is -3.70. The van der Waals surface area contributed by atoms with E-state index in [4.69, 9.17) is 14.2 Å². The Morgan fingerprint density at radius 2 is 0.774 bits per heavy atom. The van der Waals surface area contributed by atoms with Gasteiger partial charge in [-0.2, -0.15) is 0 Å². The number of hydrogen-bond donors (Lipinski definition) is 0. The van der Waals surface area contributed by atoms with E-state index < -0.39 is 6.10 Å². The molecule has 0 aromatic carbocycles. The van der Waals surface area contributed by atoms with Crippen molar-refractivity contribution >= 4 is 11.9 Å². The Kier molecular flexibility index (Phi) is 48.6. The summed E-state index contributed by atoms with van der Waals surface area (Å²) in [6.07, 6.45) is 72.3. The van der Waals surface area contributed by atoms with Gasteiger partial charge in [0.05, 0.1) is 13.0 Å². The number of carbonyl (C=O) groups is 2. The molecule has 0 aliphatic rings. The summed E-state index contributed by atoms with van der Waals surface area (Å²) in [5, 5.41) is 0. The van der Waals surface area contributed by atoms with E-state index >= 15 is 0 Å². The third-order valence-corrected chi connectivity index (χ3v) is 10.00. The highest BCUT2D eigenvalue weighted by atomic mass is 16.6. The molecule has 0 aliphatic heterocycles. The second kappa shape index (κ2) is 51.6. The van der Waals surface area contributed by atoms with Crippen molar-refractivity contribution in [2.24, 2.45) is 0 Å². The lowest BCUT2D eigenvalue weighted by atomic mass is 10.1.